The Bertz CT molecular complexity index is 965. The zero-order chi connectivity index (χ0) is 20.2. The van der Waals surface area contributed by atoms with Crippen molar-refractivity contribution in [2.45, 2.75) is 13.0 Å². The third-order valence-electron chi connectivity index (χ3n) is 4.67. The SMILES string of the molecule is C[C@H]1CN(C(=O)c2coc(-c3cnn(-c4ccc(OCCO)cc4)c3)n2)CCN1. The number of hydrogen-bond acceptors (Lipinski definition) is 7. The van der Waals surface area contributed by atoms with E-state index in [2.05, 4.69) is 15.4 Å². The molecule has 29 heavy (non-hydrogen) atoms. The van der Waals surface area contributed by atoms with Crippen molar-refractivity contribution >= 4 is 5.91 Å². The molecule has 4 rings (SSSR count). The Morgan fingerprint density at radius 3 is 2.97 bits per heavy atom. The van der Waals surface area contributed by atoms with E-state index in [9.17, 15) is 4.79 Å². The maximum atomic E-state index is 12.7. The fourth-order valence-corrected chi connectivity index (χ4v) is 3.22. The Kier molecular flexibility index (Phi) is 5.59. The Labute approximate surface area is 167 Å². The Balaban J connectivity index is 1.46. The van der Waals surface area contributed by atoms with Gasteiger partial charge in [-0.25, -0.2) is 9.67 Å². The Hall–Kier alpha value is -3.17. The van der Waals surface area contributed by atoms with Gasteiger partial charge in [0, 0.05) is 31.9 Å². The topological polar surface area (TPSA) is 106 Å². The number of aliphatic hydroxyl groups is 1. The molecule has 0 spiro atoms. The molecule has 0 saturated carbocycles. The number of carbonyl (C=O) groups is 1. The predicted octanol–water partition coefficient (Wildman–Crippen LogP) is 1.33. The number of nitrogens with zero attached hydrogens (tertiary/aromatic N) is 4. The highest BCUT2D eigenvalue weighted by Gasteiger charge is 2.24. The van der Waals surface area contributed by atoms with Crippen LogP contribution in [0.3, 0.4) is 0 Å². The molecule has 1 aliphatic heterocycles. The largest absolute Gasteiger partial charge is 0.491 e. The van der Waals surface area contributed by atoms with Crippen LogP contribution in [-0.2, 0) is 0 Å². The first-order valence-corrected chi connectivity index (χ1v) is 9.51. The molecule has 9 nitrogen and oxygen atoms in total. The van der Waals surface area contributed by atoms with Gasteiger partial charge in [0.25, 0.3) is 5.91 Å². The van der Waals surface area contributed by atoms with Gasteiger partial charge >= 0.3 is 0 Å². The van der Waals surface area contributed by atoms with Crippen LogP contribution in [0.2, 0.25) is 0 Å². The second kappa shape index (κ2) is 8.46. The third-order valence-corrected chi connectivity index (χ3v) is 4.67. The van der Waals surface area contributed by atoms with Gasteiger partial charge in [-0.2, -0.15) is 5.10 Å². The van der Waals surface area contributed by atoms with E-state index >= 15 is 0 Å². The highest BCUT2D eigenvalue weighted by molar-refractivity contribution is 5.92. The maximum absolute atomic E-state index is 12.7. The maximum Gasteiger partial charge on any atom is 0.275 e. The molecule has 0 unspecified atom stereocenters. The number of rotatable bonds is 6. The lowest BCUT2D eigenvalue weighted by atomic mass is 10.2. The van der Waals surface area contributed by atoms with Crippen LogP contribution < -0.4 is 10.1 Å². The molecule has 152 valence electrons. The fraction of sp³-hybridized carbons (Fsp3) is 0.350. The Morgan fingerprint density at radius 2 is 2.21 bits per heavy atom. The van der Waals surface area contributed by atoms with E-state index < -0.39 is 0 Å². The van der Waals surface area contributed by atoms with Crippen LogP contribution in [0, 0.1) is 0 Å². The minimum absolute atomic E-state index is 0.0292. The van der Waals surface area contributed by atoms with Crippen molar-refractivity contribution in [1.82, 2.24) is 25.0 Å². The molecule has 3 aromatic rings. The molecule has 1 aromatic carbocycles. The number of amides is 1. The predicted molar refractivity (Wildman–Crippen MR) is 105 cm³/mol. The van der Waals surface area contributed by atoms with Crippen LogP contribution in [0.4, 0.5) is 0 Å². The zero-order valence-electron chi connectivity index (χ0n) is 16.1. The van der Waals surface area contributed by atoms with Crippen LogP contribution in [-0.4, -0.2) is 69.6 Å². The number of aromatic nitrogens is 3. The third kappa shape index (κ3) is 4.30. The van der Waals surface area contributed by atoms with Crippen LogP contribution in [0.1, 0.15) is 17.4 Å². The molecule has 1 amide bonds. The van der Waals surface area contributed by atoms with Crippen LogP contribution in [0.15, 0.2) is 47.3 Å². The summed E-state index contributed by atoms with van der Waals surface area (Å²) in [4.78, 5) is 18.8. The van der Waals surface area contributed by atoms with Gasteiger partial charge in [0.15, 0.2) is 5.69 Å². The molecule has 2 aromatic heterocycles. The summed E-state index contributed by atoms with van der Waals surface area (Å²) in [6, 6.07) is 7.60. The van der Waals surface area contributed by atoms with E-state index in [-0.39, 0.29) is 25.2 Å². The van der Waals surface area contributed by atoms with Gasteiger partial charge in [0.1, 0.15) is 18.6 Å². The average molecular weight is 397 g/mol. The summed E-state index contributed by atoms with van der Waals surface area (Å²) in [6.45, 7) is 4.35. The van der Waals surface area contributed by atoms with Crippen LogP contribution in [0.5, 0.6) is 5.75 Å². The molecule has 0 bridgehead atoms. The highest BCUT2D eigenvalue weighted by Crippen LogP contribution is 2.21. The number of ether oxygens (including phenoxy) is 1. The average Bonchev–Trinajstić information content (AvgIpc) is 3.42. The zero-order valence-corrected chi connectivity index (χ0v) is 16.1. The number of piperazine rings is 1. The fourth-order valence-electron chi connectivity index (χ4n) is 3.22. The summed E-state index contributed by atoms with van der Waals surface area (Å²) in [5.74, 6) is 0.901. The summed E-state index contributed by atoms with van der Waals surface area (Å²) in [5.41, 5.74) is 1.82. The monoisotopic (exact) mass is 397 g/mol. The van der Waals surface area contributed by atoms with Crippen molar-refractivity contribution in [2.24, 2.45) is 0 Å². The van der Waals surface area contributed by atoms with Crippen molar-refractivity contribution in [3.63, 3.8) is 0 Å². The summed E-state index contributed by atoms with van der Waals surface area (Å²) in [5, 5.41) is 16.5. The van der Waals surface area contributed by atoms with E-state index in [0.29, 0.717) is 36.0 Å². The first-order chi connectivity index (χ1) is 14.1. The first kappa shape index (κ1) is 19.2. The van der Waals surface area contributed by atoms with Crippen LogP contribution in [0.25, 0.3) is 17.1 Å². The molecule has 2 N–H and O–H groups in total. The quantitative estimate of drug-likeness (QED) is 0.646. The van der Waals surface area contributed by atoms with Crippen molar-refractivity contribution in [1.29, 1.82) is 0 Å². The normalized spacial score (nSPS) is 16.8. The van der Waals surface area contributed by atoms with Gasteiger partial charge in [0.05, 0.1) is 24.1 Å². The van der Waals surface area contributed by atoms with E-state index in [0.717, 1.165) is 12.2 Å². The lowest BCUT2D eigenvalue weighted by molar-refractivity contribution is 0.0703. The van der Waals surface area contributed by atoms with E-state index in [1.165, 1.54) is 6.26 Å². The minimum Gasteiger partial charge on any atom is -0.491 e. The lowest BCUT2D eigenvalue weighted by Gasteiger charge is -2.31. The lowest BCUT2D eigenvalue weighted by Crippen LogP contribution is -2.51. The molecule has 1 atom stereocenters. The smallest absolute Gasteiger partial charge is 0.275 e. The number of nitrogens with one attached hydrogen (secondary N) is 1. The Morgan fingerprint density at radius 1 is 1.38 bits per heavy atom. The van der Waals surface area contributed by atoms with Gasteiger partial charge in [-0.15, -0.1) is 0 Å². The second-order valence-corrected chi connectivity index (χ2v) is 6.88. The molecule has 1 fully saturated rings. The summed E-state index contributed by atoms with van der Waals surface area (Å²) >= 11 is 0. The van der Waals surface area contributed by atoms with Gasteiger partial charge < -0.3 is 24.5 Å². The number of carbonyl (C=O) groups excluding carboxylic acids is 1. The van der Waals surface area contributed by atoms with E-state index in [4.69, 9.17) is 14.3 Å². The molecular formula is C20H23N5O4. The number of aliphatic hydroxyl groups excluding tert-OH is 1. The summed E-state index contributed by atoms with van der Waals surface area (Å²) in [7, 11) is 0. The first-order valence-electron chi connectivity index (χ1n) is 9.51. The molecule has 1 saturated heterocycles. The van der Waals surface area contributed by atoms with E-state index in [1.54, 1.807) is 22.0 Å². The summed E-state index contributed by atoms with van der Waals surface area (Å²) in [6.07, 6.45) is 4.83. The summed E-state index contributed by atoms with van der Waals surface area (Å²) < 4.78 is 12.6. The number of oxazole rings is 1. The van der Waals surface area contributed by atoms with Gasteiger partial charge in [-0.1, -0.05) is 0 Å². The van der Waals surface area contributed by atoms with Crippen molar-refractivity contribution < 1.29 is 19.1 Å². The molecule has 0 radical (unpaired) electrons. The second-order valence-electron chi connectivity index (χ2n) is 6.88. The van der Waals surface area contributed by atoms with Gasteiger partial charge in [0.2, 0.25) is 5.89 Å². The number of hydrogen-bond donors (Lipinski definition) is 2. The molecule has 9 heteroatoms. The molecular weight excluding hydrogens is 374 g/mol. The number of benzene rings is 1. The van der Waals surface area contributed by atoms with E-state index in [1.807, 2.05) is 31.2 Å². The standard InChI is InChI=1S/C20H23N5O4/c1-14-11-24(7-6-21-14)20(27)18-13-29-19(23-18)15-10-22-25(12-15)16-2-4-17(5-3-16)28-9-8-26/h2-5,10,12-14,21,26H,6-9,11H2,1H3/t14-/m0/s1. The molecule has 0 aliphatic carbocycles. The van der Waals surface area contributed by atoms with Gasteiger partial charge in [-0.3, -0.25) is 4.79 Å². The molecule has 3 heterocycles. The van der Waals surface area contributed by atoms with Crippen molar-refractivity contribution in [3.05, 3.63) is 48.6 Å². The van der Waals surface area contributed by atoms with Crippen molar-refractivity contribution in [3.8, 4) is 22.9 Å². The minimum atomic E-state index is -0.126. The highest BCUT2D eigenvalue weighted by atomic mass is 16.5. The molecule has 1 aliphatic rings. The van der Waals surface area contributed by atoms with Gasteiger partial charge in [-0.05, 0) is 31.2 Å². The van der Waals surface area contributed by atoms with Crippen LogP contribution >= 0.6 is 0 Å². The van der Waals surface area contributed by atoms with Crippen molar-refractivity contribution in [2.75, 3.05) is 32.8 Å².